The Balaban J connectivity index is 2.07. The molecule has 6 heteroatoms. The van der Waals surface area contributed by atoms with E-state index in [0.717, 1.165) is 18.9 Å². The Labute approximate surface area is 106 Å². The smallest absolute Gasteiger partial charge is 0.243 e. The first-order valence-electron chi connectivity index (χ1n) is 5.84. The first kappa shape index (κ1) is 13.5. The summed E-state index contributed by atoms with van der Waals surface area (Å²) in [5, 5.41) is 8.90. The molecule has 1 aliphatic carbocycles. The van der Waals surface area contributed by atoms with Gasteiger partial charge in [-0.2, -0.15) is 0 Å². The fraction of sp³-hybridized carbons (Fsp3) is 0.500. The maximum absolute atomic E-state index is 13.4. The summed E-state index contributed by atoms with van der Waals surface area (Å²) in [4.78, 5) is -0.329. The molecule has 0 amide bonds. The van der Waals surface area contributed by atoms with Gasteiger partial charge in [0.2, 0.25) is 10.0 Å². The average molecular weight is 273 g/mol. The van der Waals surface area contributed by atoms with E-state index in [0.29, 0.717) is 6.42 Å². The van der Waals surface area contributed by atoms with Crippen molar-refractivity contribution in [2.45, 2.75) is 24.2 Å². The zero-order valence-corrected chi connectivity index (χ0v) is 10.7. The normalized spacial score (nSPS) is 17.7. The van der Waals surface area contributed by atoms with Crippen molar-refractivity contribution in [3.63, 3.8) is 0 Å². The summed E-state index contributed by atoms with van der Waals surface area (Å²) in [6.45, 7) is 0.297. The number of halogens is 1. The second-order valence-electron chi connectivity index (χ2n) is 4.73. The third kappa shape index (κ3) is 2.88. The van der Waals surface area contributed by atoms with E-state index in [1.807, 2.05) is 0 Å². The molecule has 2 rings (SSSR count). The number of hydrogen-bond acceptors (Lipinski definition) is 3. The molecular formula is C12H16FNO3S. The van der Waals surface area contributed by atoms with Gasteiger partial charge in [0.05, 0.1) is 0 Å². The van der Waals surface area contributed by atoms with Crippen LogP contribution >= 0.6 is 0 Å². The second kappa shape index (κ2) is 4.95. The highest BCUT2D eigenvalue weighted by Crippen LogP contribution is 2.48. The first-order chi connectivity index (χ1) is 8.49. The highest BCUT2D eigenvalue weighted by Gasteiger charge is 2.42. The van der Waals surface area contributed by atoms with Gasteiger partial charge in [0.25, 0.3) is 0 Å². The molecule has 0 atom stereocenters. The van der Waals surface area contributed by atoms with Crippen LogP contribution in [-0.2, 0) is 10.0 Å². The van der Waals surface area contributed by atoms with E-state index in [-0.39, 0.29) is 23.5 Å². The van der Waals surface area contributed by atoms with Crippen molar-refractivity contribution in [1.29, 1.82) is 0 Å². The van der Waals surface area contributed by atoms with Gasteiger partial charge in [-0.1, -0.05) is 12.1 Å². The van der Waals surface area contributed by atoms with Crippen molar-refractivity contribution in [2.24, 2.45) is 5.41 Å². The summed E-state index contributed by atoms with van der Waals surface area (Å²) in [7, 11) is -3.81. The molecular weight excluding hydrogens is 257 g/mol. The topological polar surface area (TPSA) is 66.4 Å². The highest BCUT2D eigenvalue weighted by atomic mass is 32.2. The Kier molecular flexibility index (Phi) is 3.70. The van der Waals surface area contributed by atoms with Gasteiger partial charge in [-0.25, -0.2) is 17.5 Å². The zero-order valence-electron chi connectivity index (χ0n) is 9.89. The number of rotatable bonds is 6. The average Bonchev–Trinajstić information content (AvgIpc) is 3.08. The Hall–Kier alpha value is -0.980. The molecule has 1 aliphatic rings. The van der Waals surface area contributed by atoms with Gasteiger partial charge < -0.3 is 5.11 Å². The van der Waals surface area contributed by atoms with E-state index < -0.39 is 15.8 Å². The van der Waals surface area contributed by atoms with Crippen LogP contribution in [0, 0.1) is 11.2 Å². The van der Waals surface area contributed by atoms with Crippen LogP contribution in [0.3, 0.4) is 0 Å². The van der Waals surface area contributed by atoms with Crippen molar-refractivity contribution in [3.8, 4) is 0 Å². The lowest BCUT2D eigenvalue weighted by molar-refractivity contribution is 0.249. The van der Waals surface area contributed by atoms with Crippen LogP contribution in [0.15, 0.2) is 29.2 Å². The molecule has 0 spiro atoms. The predicted molar refractivity (Wildman–Crippen MR) is 65.0 cm³/mol. The Morgan fingerprint density at radius 2 is 2.00 bits per heavy atom. The quantitative estimate of drug-likeness (QED) is 0.820. The lowest BCUT2D eigenvalue weighted by atomic mass is 10.0. The van der Waals surface area contributed by atoms with Crippen LogP contribution < -0.4 is 4.72 Å². The fourth-order valence-electron chi connectivity index (χ4n) is 1.92. The Bertz CT molecular complexity index is 526. The molecule has 0 aromatic heterocycles. The van der Waals surface area contributed by atoms with Gasteiger partial charge in [-0.15, -0.1) is 0 Å². The second-order valence-corrected chi connectivity index (χ2v) is 6.46. The van der Waals surface area contributed by atoms with Gasteiger partial charge in [-0.3, -0.25) is 0 Å². The van der Waals surface area contributed by atoms with E-state index in [2.05, 4.69) is 4.72 Å². The minimum Gasteiger partial charge on any atom is -0.396 e. The van der Waals surface area contributed by atoms with Crippen molar-refractivity contribution in [1.82, 2.24) is 4.72 Å². The predicted octanol–water partition coefficient (Wildman–Crippen LogP) is 1.27. The number of aliphatic hydroxyl groups excluding tert-OH is 1. The molecule has 18 heavy (non-hydrogen) atoms. The lowest BCUT2D eigenvalue weighted by Gasteiger charge is -2.14. The summed E-state index contributed by atoms with van der Waals surface area (Å²) >= 11 is 0. The van der Waals surface area contributed by atoms with Crippen LogP contribution in [0.1, 0.15) is 19.3 Å². The molecule has 0 saturated heterocycles. The molecule has 0 radical (unpaired) electrons. The molecule has 1 fully saturated rings. The van der Waals surface area contributed by atoms with Crippen LogP contribution in [-0.4, -0.2) is 26.7 Å². The molecule has 1 saturated carbocycles. The van der Waals surface area contributed by atoms with Crippen LogP contribution in [0.4, 0.5) is 4.39 Å². The van der Waals surface area contributed by atoms with Crippen molar-refractivity contribution >= 4 is 10.0 Å². The highest BCUT2D eigenvalue weighted by molar-refractivity contribution is 7.89. The van der Waals surface area contributed by atoms with E-state index in [9.17, 15) is 12.8 Å². The Morgan fingerprint density at radius 1 is 1.33 bits per heavy atom. The lowest BCUT2D eigenvalue weighted by Crippen LogP contribution is -2.31. The monoisotopic (exact) mass is 273 g/mol. The van der Waals surface area contributed by atoms with Crippen molar-refractivity contribution < 1.29 is 17.9 Å². The summed E-state index contributed by atoms with van der Waals surface area (Å²) in [6.07, 6.45) is 2.37. The summed E-state index contributed by atoms with van der Waals surface area (Å²) in [5.74, 6) is -0.753. The molecule has 2 N–H and O–H groups in total. The maximum Gasteiger partial charge on any atom is 0.243 e. The van der Waals surface area contributed by atoms with Gasteiger partial charge in [0, 0.05) is 13.2 Å². The first-order valence-corrected chi connectivity index (χ1v) is 7.33. The number of benzene rings is 1. The molecule has 4 nitrogen and oxygen atoms in total. The number of hydrogen-bond donors (Lipinski definition) is 2. The van der Waals surface area contributed by atoms with Gasteiger partial charge in [0.1, 0.15) is 10.7 Å². The molecule has 1 aromatic carbocycles. The maximum atomic E-state index is 13.4. The summed E-state index contributed by atoms with van der Waals surface area (Å²) < 4.78 is 39.7. The minimum atomic E-state index is -3.81. The molecule has 0 bridgehead atoms. The van der Waals surface area contributed by atoms with Crippen LogP contribution in [0.25, 0.3) is 0 Å². The van der Waals surface area contributed by atoms with Gasteiger partial charge >= 0.3 is 0 Å². The van der Waals surface area contributed by atoms with E-state index in [1.165, 1.54) is 18.2 Å². The third-order valence-corrected chi connectivity index (χ3v) is 4.80. The van der Waals surface area contributed by atoms with E-state index in [1.54, 1.807) is 0 Å². The summed E-state index contributed by atoms with van der Waals surface area (Å²) in [6, 6.07) is 5.29. The van der Waals surface area contributed by atoms with Crippen molar-refractivity contribution in [3.05, 3.63) is 30.1 Å². The molecule has 0 heterocycles. The molecule has 0 unspecified atom stereocenters. The largest absolute Gasteiger partial charge is 0.396 e. The third-order valence-electron chi connectivity index (χ3n) is 3.36. The number of aliphatic hydroxyl groups is 1. The molecule has 1 aromatic rings. The number of sulfonamides is 1. The zero-order chi connectivity index (χ0) is 13.2. The molecule has 0 aliphatic heterocycles. The fourth-order valence-corrected chi connectivity index (χ4v) is 3.15. The van der Waals surface area contributed by atoms with Gasteiger partial charge in [0.15, 0.2) is 0 Å². The SMILES string of the molecule is O=S(=O)(NCC1(CCO)CC1)c1ccccc1F. The minimum absolute atomic E-state index is 0.0431. The van der Waals surface area contributed by atoms with Gasteiger partial charge in [-0.05, 0) is 36.8 Å². The standard InChI is InChI=1S/C12H16FNO3S/c13-10-3-1-2-4-11(10)18(16,17)14-9-12(5-6-12)7-8-15/h1-4,14-15H,5-9H2. The summed E-state index contributed by atoms with van der Waals surface area (Å²) in [5.41, 5.74) is -0.132. The Morgan fingerprint density at radius 3 is 2.56 bits per heavy atom. The van der Waals surface area contributed by atoms with Crippen molar-refractivity contribution in [2.75, 3.05) is 13.2 Å². The van der Waals surface area contributed by atoms with E-state index in [4.69, 9.17) is 5.11 Å². The van der Waals surface area contributed by atoms with Crippen LogP contribution in [0.2, 0.25) is 0 Å². The van der Waals surface area contributed by atoms with E-state index >= 15 is 0 Å². The van der Waals surface area contributed by atoms with Crippen LogP contribution in [0.5, 0.6) is 0 Å². The number of nitrogens with one attached hydrogen (secondary N) is 1. The molecule has 100 valence electrons.